The first-order chi connectivity index (χ1) is 11.6. The molecule has 0 aromatic rings. The van der Waals surface area contributed by atoms with Gasteiger partial charge in [-0.25, -0.2) is 4.79 Å². The number of hydrogen-bond donors (Lipinski definition) is 3. The van der Waals surface area contributed by atoms with Crippen molar-refractivity contribution < 1.29 is 24.0 Å². The maximum absolute atomic E-state index is 11.9. The van der Waals surface area contributed by atoms with Crippen LogP contribution < -0.4 is 10.6 Å². The van der Waals surface area contributed by atoms with Crippen LogP contribution in [0.25, 0.3) is 0 Å². The molecule has 0 aromatic carbocycles. The number of nitrogens with one attached hydrogen (secondary N) is 2. The average Bonchev–Trinajstić information content (AvgIpc) is 2.48. The van der Waals surface area contributed by atoms with Gasteiger partial charge in [0.1, 0.15) is 11.8 Å². The predicted octanol–water partition coefficient (Wildman–Crippen LogP) is -1.68. The maximum atomic E-state index is 11.9. The topological polar surface area (TPSA) is 125 Å². The van der Waals surface area contributed by atoms with Crippen LogP contribution in [0.2, 0.25) is 0 Å². The van der Waals surface area contributed by atoms with Gasteiger partial charge in [-0.15, -0.1) is 0 Å². The molecule has 0 aliphatic carbocycles. The summed E-state index contributed by atoms with van der Waals surface area (Å²) < 4.78 is 11.9. The van der Waals surface area contributed by atoms with Gasteiger partial charge in [0.2, 0.25) is 5.91 Å². The van der Waals surface area contributed by atoms with Gasteiger partial charge in [0.15, 0.2) is 5.75 Å². The minimum Gasteiger partial charge on any atom is -0.616 e. The fourth-order valence-electron chi connectivity index (χ4n) is 1.79. The molecule has 0 spiro atoms. The van der Waals surface area contributed by atoms with Crippen LogP contribution in [-0.2, 0) is 25.6 Å². The van der Waals surface area contributed by atoms with Gasteiger partial charge in [-0.1, -0.05) is 0 Å². The van der Waals surface area contributed by atoms with Gasteiger partial charge in [-0.05, 0) is 39.4 Å². The van der Waals surface area contributed by atoms with Gasteiger partial charge in [0.05, 0.1) is 0 Å². The van der Waals surface area contributed by atoms with Crippen LogP contribution in [0.4, 0.5) is 0 Å². The van der Waals surface area contributed by atoms with Crippen LogP contribution in [0.3, 0.4) is 0 Å². The van der Waals surface area contributed by atoms with E-state index in [0.29, 0.717) is 19.6 Å². The molecule has 0 radical (unpaired) electrons. The number of carboxylic acids is 1. The molecule has 0 aliphatic rings. The molecule has 9 nitrogen and oxygen atoms in total. The predicted molar refractivity (Wildman–Crippen MR) is 96.8 cm³/mol. The van der Waals surface area contributed by atoms with Crippen molar-refractivity contribution in [2.75, 3.05) is 59.3 Å². The van der Waals surface area contributed by atoms with Gasteiger partial charge in [-0.2, -0.15) is 0 Å². The number of rotatable bonds is 13. The molecule has 3 N–H and O–H groups in total. The molecule has 0 fully saturated rings. The maximum Gasteiger partial charge on any atom is 0.326 e. The number of aliphatic carboxylic acids is 1. The van der Waals surface area contributed by atoms with Crippen LogP contribution in [-0.4, -0.2) is 103 Å². The zero-order valence-corrected chi connectivity index (χ0v) is 16.2. The standard InChI is InChI=1S/C15H30N4O5S/c1-18(2)8-5-13(20)17-12(15(22)23)6-10-25(24)11-14(21)16-7-9-19(3)4/h12H,5-11H2,1-4H3,(H,16,21)(H,17,20)(H,22,23)/t12-,25?/m0/s1/i11+1. The molecule has 2 amide bonds. The quantitative estimate of drug-likeness (QED) is 0.258. The summed E-state index contributed by atoms with van der Waals surface area (Å²) in [6, 6.07) is -1.10. The Morgan fingerprint density at radius 2 is 1.68 bits per heavy atom. The highest BCUT2D eigenvalue weighted by atomic mass is 32.2. The van der Waals surface area contributed by atoms with Crippen molar-refractivity contribution in [2.24, 2.45) is 0 Å². The van der Waals surface area contributed by atoms with Crippen molar-refractivity contribution in [3.63, 3.8) is 0 Å². The first-order valence-corrected chi connectivity index (χ1v) is 9.54. The average molecular weight is 379 g/mol. The van der Waals surface area contributed by atoms with Crippen molar-refractivity contribution in [3.8, 4) is 0 Å². The van der Waals surface area contributed by atoms with Crippen LogP contribution in [0, 0.1) is 0 Å². The number of carbonyl (C=O) groups excluding carboxylic acids is 2. The molecule has 0 bridgehead atoms. The minimum atomic E-state index is -1.48. The molecule has 0 saturated heterocycles. The SMILES string of the molecule is CN(C)CCNC(=O)[13CH2][S+]([O-])CC[C@H](NC(=O)CCN(C)C)C(=O)O. The molecule has 25 heavy (non-hydrogen) atoms. The monoisotopic (exact) mass is 379 g/mol. The Kier molecular flexibility index (Phi) is 12.2. The lowest BCUT2D eigenvalue weighted by Gasteiger charge is -2.17. The van der Waals surface area contributed by atoms with Crippen LogP contribution in [0.1, 0.15) is 12.8 Å². The second-order valence-corrected chi connectivity index (χ2v) is 7.82. The first kappa shape index (κ1) is 23.6. The zero-order chi connectivity index (χ0) is 19.4. The number of carboxylic acid groups (broad SMARTS) is 1. The van der Waals surface area contributed by atoms with Crippen molar-refractivity contribution in [1.29, 1.82) is 0 Å². The Morgan fingerprint density at radius 1 is 1.08 bits per heavy atom. The molecule has 0 aromatic heterocycles. The second kappa shape index (κ2) is 12.9. The molecule has 0 heterocycles. The van der Waals surface area contributed by atoms with Gasteiger partial charge in [-0.3, -0.25) is 9.59 Å². The number of amides is 2. The van der Waals surface area contributed by atoms with E-state index < -0.39 is 23.2 Å². The molecular formula is C15H30N4O5S. The lowest BCUT2D eigenvalue weighted by Crippen LogP contribution is -2.43. The van der Waals surface area contributed by atoms with Crippen molar-refractivity contribution in [3.05, 3.63) is 0 Å². The Balaban J connectivity index is 4.17. The van der Waals surface area contributed by atoms with Crippen LogP contribution >= 0.6 is 0 Å². The lowest BCUT2D eigenvalue weighted by atomic mass is 10.2. The highest BCUT2D eigenvalue weighted by Crippen LogP contribution is 2.01. The molecule has 1 unspecified atom stereocenters. The zero-order valence-electron chi connectivity index (χ0n) is 15.4. The molecule has 146 valence electrons. The summed E-state index contributed by atoms with van der Waals surface area (Å²) >= 11 is -1.48. The van der Waals surface area contributed by atoms with Crippen molar-refractivity contribution >= 4 is 29.0 Å². The normalized spacial score (nSPS) is 13.6. The Hall–Kier alpha value is -1.36. The summed E-state index contributed by atoms with van der Waals surface area (Å²) in [4.78, 5) is 38.3. The summed E-state index contributed by atoms with van der Waals surface area (Å²) in [5, 5.41) is 14.2. The third-order valence-corrected chi connectivity index (χ3v) is 4.50. The summed E-state index contributed by atoms with van der Waals surface area (Å²) in [6.07, 6.45) is 0.203. The molecule has 10 heteroatoms. The van der Waals surface area contributed by atoms with Gasteiger partial charge >= 0.3 is 5.97 Å². The van der Waals surface area contributed by atoms with E-state index in [-0.39, 0.29) is 36.2 Å². The molecule has 0 saturated carbocycles. The number of hydrogen-bond acceptors (Lipinski definition) is 6. The molecular weight excluding hydrogens is 349 g/mol. The third kappa shape index (κ3) is 13.6. The summed E-state index contributed by atoms with van der Waals surface area (Å²) in [7, 11) is 7.38. The van der Waals surface area contributed by atoms with E-state index in [9.17, 15) is 18.9 Å². The highest BCUT2D eigenvalue weighted by molar-refractivity contribution is 7.92. The number of likely N-dealkylation sites (N-methyl/N-ethyl adjacent to an activating group) is 1. The Labute approximate surface area is 152 Å². The minimum absolute atomic E-state index is 0.0145. The third-order valence-electron chi connectivity index (χ3n) is 3.23. The summed E-state index contributed by atoms with van der Waals surface area (Å²) in [5.41, 5.74) is 0. The molecule has 0 aliphatic heterocycles. The van der Waals surface area contributed by atoms with Crippen LogP contribution in [0.15, 0.2) is 0 Å². The fourth-order valence-corrected chi connectivity index (χ4v) is 2.82. The van der Waals surface area contributed by atoms with E-state index >= 15 is 0 Å². The van der Waals surface area contributed by atoms with Crippen molar-refractivity contribution in [2.45, 2.75) is 18.9 Å². The molecule has 2 atom stereocenters. The Bertz CT molecular complexity index is 434. The van der Waals surface area contributed by atoms with Crippen LogP contribution in [0.5, 0.6) is 0 Å². The molecule has 0 rings (SSSR count). The van der Waals surface area contributed by atoms with E-state index in [1.807, 2.05) is 38.0 Å². The fraction of sp³-hybridized carbons (Fsp3) is 0.800. The summed E-state index contributed by atoms with van der Waals surface area (Å²) in [6.45, 7) is 1.65. The van der Waals surface area contributed by atoms with Gasteiger partial charge in [0, 0.05) is 32.5 Å². The first-order valence-electron chi connectivity index (χ1n) is 8.05. The number of carbonyl (C=O) groups is 3. The van der Waals surface area contributed by atoms with Gasteiger partial charge < -0.3 is 30.1 Å². The summed E-state index contributed by atoms with van der Waals surface area (Å²) in [5.74, 6) is -2.01. The van der Waals surface area contributed by atoms with Gasteiger partial charge in [0.25, 0.3) is 5.91 Å². The Morgan fingerprint density at radius 3 is 2.20 bits per heavy atom. The highest BCUT2D eigenvalue weighted by Gasteiger charge is 2.23. The second-order valence-electron chi connectivity index (χ2n) is 6.24. The van der Waals surface area contributed by atoms with E-state index in [1.165, 1.54) is 0 Å². The largest absolute Gasteiger partial charge is 0.616 e. The lowest BCUT2D eigenvalue weighted by molar-refractivity contribution is -0.141. The number of nitrogens with zero attached hydrogens (tertiary/aromatic N) is 2. The van der Waals surface area contributed by atoms with E-state index in [4.69, 9.17) is 5.11 Å². The van der Waals surface area contributed by atoms with E-state index in [1.54, 1.807) is 0 Å². The smallest absolute Gasteiger partial charge is 0.326 e. The van der Waals surface area contributed by atoms with E-state index in [2.05, 4.69) is 10.6 Å². The van der Waals surface area contributed by atoms with Crippen molar-refractivity contribution in [1.82, 2.24) is 20.4 Å². The van der Waals surface area contributed by atoms with E-state index in [0.717, 1.165) is 0 Å².